The van der Waals surface area contributed by atoms with Crippen LogP contribution in [0.2, 0.25) is 0 Å². The standard InChI is InChI=1S/C19H25N3O4S/c1-4-26-17-10-8-16(9-11-17)21-19(23)15-6-5-7-18(14-15)27(24,25)20-12-13-22(2)3/h5-11,14,20H,4,12-13H2,1-3H3,(H,21,23). The first kappa shape index (κ1) is 20.9. The summed E-state index contributed by atoms with van der Waals surface area (Å²) >= 11 is 0. The summed E-state index contributed by atoms with van der Waals surface area (Å²) in [6.45, 7) is 3.33. The molecule has 0 radical (unpaired) electrons. The zero-order chi connectivity index (χ0) is 19.9. The van der Waals surface area contributed by atoms with Crippen molar-refractivity contribution in [3.63, 3.8) is 0 Å². The second-order valence-electron chi connectivity index (χ2n) is 6.14. The van der Waals surface area contributed by atoms with E-state index in [-0.39, 0.29) is 22.9 Å². The maximum Gasteiger partial charge on any atom is 0.255 e. The average Bonchev–Trinajstić information content (AvgIpc) is 2.63. The third kappa shape index (κ3) is 6.35. The largest absolute Gasteiger partial charge is 0.494 e. The van der Waals surface area contributed by atoms with Crippen molar-refractivity contribution in [1.29, 1.82) is 0 Å². The van der Waals surface area contributed by atoms with Gasteiger partial charge in [0.2, 0.25) is 10.0 Å². The van der Waals surface area contributed by atoms with Gasteiger partial charge >= 0.3 is 0 Å². The van der Waals surface area contributed by atoms with Crippen molar-refractivity contribution >= 4 is 21.6 Å². The molecule has 0 aromatic heterocycles. The fourth-order valence-corrected chi connectivity index (χ4v) is 3.36. The summed E-state index contributed by atoms with van der Waals surface area (Å²) in [5.41, 5.74) is 0.861. The number of sulfonamides is 1. The van der Waals surface area contributed by atoms with Crippen LogP contribution in [0.4, 0.5) is 5.69 Å². The summed E-state index contributed by atoms with van der Waals surface area (Å²) in [5, 5.41) is 2.75. The highest BCUT2D eigenvalue weighted by molar-refractivity contribution is 7.89. The number of anilines is 1. The van der Waals surface area contributed by atoms with Crippen molar-refractivity contribution in [2.24, 2.45) is 0 Å². The molecule has 0 aliphatic heterocycles. The summed E-state index contributed by atoms with van der Waals surface area (Å²) < 4.78 is 32.6. The molecule has 2 N–H and O–H groups in total. The maximum absolute atomic E-state index is 12.4. The number of amides is 1. The minimum absolute atomic E-state index is 0.0561. The van der Waals surface area contributed by atoms with Crippen LogP contribution in [0, 0.1) is 0 Å². The normalized spacial score (nSPS) is 11.4. The van der Waals surface area contributed by atoms with Crippen molar-refractivity contribution in [2.45, 2.75) is 11.8 Å². The van der Waals surface area contributed by atoms with Crippen LogP contribution in [0.1, 0.15) is 17.3 Å². The molecule has 0 fully saturated rings. The third-order valence-corrected chi connectivity index (χ3v) is 5.14. The Labute approximate surface area is 160 Å². The molecule has 0 aliphatic carbocycles. The van der Waals surface area contributed by atoms with Crippen molar-refractivity contribution in [2.75, 3.05) is 39.1 Å². The molecule has 2 rings (SSSR count). The van der Waals surface area contributed by atoms with Gasteiger partial charge < -0.3 is 15.0 Å². The topological polar surface area (TPSA) is 87.7 Å². The summed E-state index contributed by atoms with van der Waals surface area (Å²) in [5.74, 6) is 0.330. The number of carbonyl (C=O) groups is 1. The number of rotatable bonds is 9. The van der Waals surface area contributed by atoms with Gasteiger partial charge in [0.15, 0.2) is 0 Å². The molecule has 146 valence electrons. The van der Waals surface area contributed by atoms with Gasteiger partial charge in [-0.2, -0.15) is 0 Å². The van der Waals surface area contributed by atoms with E-state index in [4.69, 9.17) is 4.74 Å². The Kier molecular flexibility index (Phi) is 7.35. The van der Waals surface area contributed by atoms with Gasteiger partial charge in [0.1, 0.15) is 5.75 Å². The lowest BCUT2D eigenvalue weighted by molar-refractivity contribution is 0.102. The third-order valence-electron chi connectivity index (χ3n) is 3.68. The molecule has 0 aliphatic rings. The molecule has 2 aromatic rings. The van der Waals surface area contributed by atoms with Crippen LogP contribution < -0.4 is 14.8 Å². The number of nitrogens with zero attached hydrogens (tertiary/aromatic N) is 1. The van der Waals surface area contributed by atoms with Crippen molar-refractivity contribution < 1.29 is 17.9 Å². The van der Waals surface area contributed by atoms with Crippen LogP contribution in [0.3, 0.4) is 0 Å². The van der Waals surface area contributed by atoms with Gasteiger partial charge in [0.25, 0.3) is 5.91 Å². The highest BCUT2D eigenvalue weighted by atomic mass is 32.2. The molecular formula is C19H25N3O4S. The molecule has 0 spiro atoms. The lowest BCUT2D eigenvalue weighted by atomic mass is 10.2. The lowest BCUT2D eigenvalue weighted by Gasteiger charge is -2.12. The SMILES string of the molecule is CCOc1ccc(NC(=O)c2cccc(S(=O)(=O)NCCN(C)C)c2)cc1. The maximum atomic E-state index is 12.4. The molecule has 2 aromatic carbocycles. The first-order valence-corrected chi connectivity index (χ1v) is 10.1. The number of benzene rings is 2. The molecule has 0 bridgehead atoms. The minimum atomic E-state index is -3.67. The molecular weight excluding hydrogens is 366 g/mol. The Hall–Kier alpha value is -2.42. The summed E-state index contributed by atoms with van der Waals surface area (Å²) in [4.78, 5) is 14.4. The first-order chi connectivity index (χ1) is 12.8. The van der Waals surface area contributed by atoms with E-state index in [1.165, 1.54) is 12.1 Å². The van der Waals surface area contributed by atoms with Gasteiger partial charge in [-0.3, -0.25) is 4.79 Å². The molecule has 0 saturated carbocycles. The fourth-order valence-electron chi connectivity index (χ4n) is 2.30. The van der Waals surface area contributed by atoms with Crippen molar-refractivity contribution in [3.05, 3.63) is 54.1 Å². The summed E-state index contributed by atoms with van der Waals surface area (Å²) in [6.07, 6.45) is 0. The van der Waals surface area contributed by atoms with Gasteiger partial charge in [-0.05, 0) is 63.5 Å². The smallest absolute Gasteiger partial charge is 0.255 e. The minimum Gasteiger partial charge on any atom is -0.494 e. The van der Waals surface area contributed by atoms with E-state index in [1.807, 2.05) is 25.9 Å². The second-order valence-corrected chi connectivity index (χ2v) is 7.91. The van der Waals surface area contributed by atoms with E-state index in [2.05, 4.69) is 10.0 Å². The number of ether oxygens (including phenoxy) is 1. The number of nitrogens with one attached hydrogen (secondary N) is 2. The Morgan fingerprint density at radius 3 is 2.44 bits per heavy atom. The van der Waals surface area contributed by atoms with Gasteiger partial charge in [-0.1, -0.05) is 6.07 Å². The number of hydrogen-bond donors (Lipinski definition) is 2. The Balaban J connectivity index is 2.08. The lowest BCUT2D eigenvalue weighted by Crippen LogP contribution is -2.31. The Bertz CT molecular complexity index is 865. The van der Waals surface area contributed by atoms with E-state index in [0.29, 0.717) is 24.6 Å². The predicted molar refractivity (Wildman–Crippen MR) is 106 cm³/mol. The number of hydrogen-bond acceptors (Lipinski definition) is 5. The van der Waals surface area contributed by atoms with Crippen LogP contribution in [0.15, 0.2) is 53.4 Å². The quantitative estimate of drug-likeness (QED) is 0.684. The highest BCUT2D eigenvalue weighted by Gasteiger charge is 2.16. The van der Waals surface area contributed by atoms with E-state index in [9.17, 15) is 13.2 Å². The van der Waals surface area contributed by atoms with Crippen molar-refractivity contribution in [3.8, 4) is 5.75 Å². The van der Waals surface area contributed by atoms with E-state index < -0.39 is 10.0 Å². The molecule has 7 nitrogen and oxygen atoms in total. The van der Waals surface area contributed by atoms with Crippen LogP contribution in [-0.4, -0.2) is 53.0 Å². The molecule has 0 unspecified atom stereocenters. The van der Waals surface area contributed by atoms with Gasteiger partial charge in [-0.15, -0.1) is 0 Å². The second kappa shape index (κ2) is 9.50. The first-order valence-electron chi connectivity index (χ1n) is 8.60. The zero-order valence-electron chi connectivity index (χ0n) is 15.7. The molecule has 0 atom stereocenters. The fraction of sp³-hybridized carbons (Fsp3) is 0.316. The molecule has 8 heteroatoms. The average molecular weight is 391 g/mol. The number of carbonyl (C=O) groups excluding carboxylic acids is 1. The van der Waals surface area contributed by atoms with Crippen LogP contribution in [0.5, 0.6) is 5.75 Å². The van der Waals surface area contributed by atoms with E-state index in [1.54, 1.807) is 36.4 Å². The molecule has 0 saturated heterocycles. The highest BCUT2D eigenvalue weighted by Crippen LogP contribution is 2.17. The zero-order valence-corrected chi connectivity index (χ0v) is 16.5. The Morgan fingerprint density at radius 1 is 1.11 bits per heavy atom. The van der Waals surface area contributed by atoms with Crippen LogP contribution in [0.25, 0.3) is 0 Å². The van der Waals surface area contributed by atoms with Gasteiger partial charge in [0, 0.05) is 24.3 Å². The predicted octanol–water partition coefficient (Wildman–Crippen LogP) is 2.18. The van der Waals surface area contributed by atoms with Crippen LogP contribution >= 0.6 is 0 Å². The number of likely N-dealkylation sites (N-methyl/N-ethyl adjacent to an activating group) is 1. The van der Waals surface area contributed by atoms with Gasteiger partial charge in [0.05, 0.1) is 11.5 Å². The van der Waals surface area contributed by atoms with E-state index >= 15 is 0 Å². The molecule has 1 amide bonds. The van der Waals surface area contributed by atoms with Crippen LogP contribution in [-0.2, 0) is 10.0 Å². The summed E-state index contributed by atoms with van der Waals surface area (Å²) in [6, 6.07) is 12.9. The van der Waals surface area contributed by atoms with E-state index in [0.717, 1.165) is 0 Å². The summed E-state index contributed by atoms with van der Waals surface area (Å²) in [7, 11) is 0.0526. The van der Waals surface area contributed by atoms with Crippen molar-refractivity contribution in [1.82, 2.24) is 9.62 Å². The van der Waals surface area contributed by atoms with Gasteiger partial charge in [-0.25, -0.2) is 13.1 Å². The Morgan fingerprint density at radius 2 is 1.81 bits per heavy atom. The molecule has 0 heterocycles. The molecule has 27 heavy (non-hydrogen) atoms. The monoisotopic (exact) mass is 391 g/mol.